The first-order valence-electron chi connectivity index (χ1n) is 10.1. The van der Waals surface area contributed by atoms with E-state index in [0.717, 1.165) is 22.5 Å². The summed E-state index contributed by atoms with van der Waals surface area (Å²) in [6.07, 6.45) is 0.143. The molecule has 0 saturated carbocycles. The lowest BCUT2D eigenvalue weighted by Crippen LogP contribution is -2.22. The predicted molar refractivity (Wildman–Crippen MR) is 121 cm³/mol. The number of benzene rings is 2. The molecule has 3 aromatic rings. The number of amides is 1. The van der Waals surface area contributed by atoms with Crippen molar-refractivity contribution in [3.8, 4) is 5.69 Å². The fraction of sp³-hybridized carbons (Fsp3) is 0.292. The van der Waals surface area contributed by atoms with E-state index in [1.165, 1.54) is 0 Å². The minimum atomic E-state index is -0.433. The van der Waals surface area contributed by atoms with Gasteiger partial charge in [-0.25, -0.2) is 4.68 Å². The highest BCUT2D eigenvalue weighted by Gasteiger charge is 2.16. The van der Waals surface area contributed by atoms with Crippen LogP contribution in [0.5, 0.6) is 0 Å². The van der Waals surface area contributed by atoms with Gasteiger partial charge in [-0.3, -0.25) is 9.59 Å². The highest BCUT2D eigenvalue weighted by atomic mass is 16.5. The van der Waals surface area contributed by atoms with Crippen LogP contribution in [-0.4, -0.2) is 28.3 Å². The summed E-state index contributed by atoms with van der Waals surface area (Å²) < 4.78 is 6.90. The van der Waals surface area contributed by atoms with Gasteiger partial charge < -0.3 is 10.1 Å². The van der Waals surface area contributed by atoms with Gasteiger partial charge in [0.15, 0.2) is 6.61 Å². The number of esters is 1. The summed E-state index contributed by atoms with van der Waals surface area (Å²) in [6, 6.07) is 17.3. The zero-order valence-corrected chi connectivity index (χ0v) is 18.2. The lowest BCUT2D eigenvalue weighted by molar-refractivity contribution is -0.146. The van der Waals surface area contributed by atoms with Crippen LogP contribution < -0.4 is 5.32 Å². The second-order valence-electron chi connectivity index (χ2n) is 6.61. The molecule has 30 heavy (non-hydrogen) atoms. The first kappa shape index (κ1) is 22.9. The van der Waals surface area contributed by atoms with Gasteiger partial charge in [0.25, 0.3) is 5.91 Å². The Bertz CT molecular complexity index is 1000. The van der Waals surface area contributed by atoms with Gasteiger partial charge in [-0.15, -0.1) is 0 Å². The van der Waals surface area contributed by atoms with E-state index in [1.54, 1.807) is 4.68 Å². The number of aryl methyl sites for hydroxylation is 2. The average Bonchev–Trinajstić information content (AvgIpc) is 3.04. The molecule has 0 atom stereocenters. The standard InChI is InChI=1S/C22H23N3O3.C2H6.H2/c1-15-9-7-8-10-18(15)13-21(27)28-14-20(26)23-22-16(2)24-25(17(22)3)19-11-5-4-6-12-19;1-2;/h4-12H,13-14H2,1-3H3,(H,23,26);1-2H3;1H. The smallest absolute Gasteiger partial charge is 0.310 e. The van der Waals surface area contributed by atoms with E-state index in [0.29, 0.717) is 11.4 Å². The SMILES string of the molecule is CC.Cc1ccccc1CC(=O)OCC(=O)Nc1c(C)nn(-c2ccccc2)c1C.[HH]. The third-order valence-corrected chi connectivity index (χ3v) is 4.52. The fourth-order valence-electron chi connectivity index (χ4n) is 2.98. The Labute approximate surface area is 179 Å². The number of aromatic nitrogens is 2. The van der Waals surface area contributed by atoms with Crippen LogP contribution in [0.1, 0.15) is 37.8 Å². The van der Waals surface area contributed by atoms with E-state index >= 15 is 0 Å². The molecule has 0 saturated heterocycles. The number of nitrogens with one attached hydrogen (secondary N) is 1. The fourth-order valence-corrected chi connectivity index (χ4v) is 2.98. The highest BCUT2D eigenvalue weighted by molar-refractivity contribution is 5.94. The van der Waals surface area contributed by atoms with Gasteiger partial charge in [0, 0.05) is 1.43 Å². The number of carbonyl (C=O) groups is 2. The van der Waals surface area contributed by atoms with Crippen LogP contribution >= 0.6 is 0 Å². The number of anilines is 1. The molecular weight excluding hydrogens is 378 g/mol. The maximum atomic E-state index is 12.3. The van der Waals surface area contributed by atoms with Crippen LogP contribution in [0.25, 0.3) is 5.69 Å². The summed E-state index contributed by atoms with van der Waals surface area (Å²) in [7, 11) is 0. The van der Waals surface area contributed by atoms with E-state index in [1.807, 2.05) is 89.2 Å². The third-order valence-electron chi connectivity index (χ3n) is 4.52. The van der Waals surface area contributed by atoms with Crippen molar-refractivity contribution in [1.29, 1.82) is 0 Å². The molecule has 0 radical (unpaired) electrons. The molecule has 1 amide bonds. The van der Waals surface area contributed by atoms with Crippen molar-refractivity contribution < 1.29 is 15.8 Å². The lowest BCUT2D eigenvalue weighted by atomic mass is 10.1. The van der Waals surface area contributed by atoms with Gasteiger partial charge in [0.2, 0.25) is 0 Å². The second-order valence-corrected chi connectivity index (χ2v) is 6.61. The Morgan fingerprint density at radius 1 is 1.00 bits per heavy atom. The normalized spacial score (nSPS) is 10.0. The molecular formula is C24H31N3O3. The van der Waals surface area contributed by atoms with E-state index in [2.05, 4.69) is 10.4 Å². The van der Waals surface area contributed by atoms with Crippen molar-refractivity contribution in [2.75, 3.05) is 11.9 Å². The molecule has 0 unspecified atom stereocenters. The summed E-state index contributed by atoms with van der Waals surface area (Å²) >= 11 is 0. The van der Waals surface area contributed by atoms with Crippen LogP contribution in [0.3, 0.4) is 0 Å². The van der Waals surface area contributed by atoms with Crippen LogP contribution in [0, 0.1) is 20.8 Å². The van der Waals surface area contributed by atoms with Crippen LogP contribution in [-0.2, 0) is 20.7 Å². The molecule has 6 nitrogen and oxygen atoms in total. The summed E-state index contributed by atoms with van der Waals surface area (Å²) in [5.41, 5.74) is 4.95. The summed E-state index contributed by atoms with van der Waals surface area (Å²) in [4.78, 5) is 24.3. The maximum absolute atomic E-state index is 12.3. The molecule has 1 heterocycles. The van der Waals surface area contributed by atoms with Gasteiger partial charge in [0.05, 0.1) is 29.2 Å². The molecule has 0 fully saturated rings. The molecule has 1 aromatic heterocycles. The third kappa shape index (κ3) is 5.80. The summed E-state index contributed by atoms with van der Waals surface area (Å²) in [6.45, 7) is 9.31. The molecule has 0 spiro atoms. The lowest BCUT2D eigenvalue weighted by Gasteiger charge is -2.09. The van der Waals surface area contributed by atoms with E-state index in [-0.39, 0.29) is 14.5 Å². The van der Waals surface area contributed by atoms with E-state index < -0.39 is 11.9 Å². The van der Waals surface area contributed by atoms with Gasteiger partial charge in [-0.2, -0.15) is 5.10 Å². The molecule has 0 bridgehead atoms. The van der Waals surface area contributed by atoms with Crippen LogP contribution in [0.2, 0.25) is 0 Å². The quantitative estimate of drug-likeness (QED) is 0.594. The Hall–Kier alpha value is -3.41. The number of hydrogen-bond acceptors (Lipinski definition) is 4. The number of ether oxygens (including phenoxy) is 1. The van der Waals surface area contributed by atoms with Crippen molar-refractivity contribution >= 4 is 17.6 Å². The second kappa shape index (κ2) is 11.0. The number of hydrogen-bond donors (Lipinski definition) is 1. The number of carbonyl (C=O) groups excluding carboxylic acids is 2. The largest absolute Gasteiger partial charge is 0.455 e. The summed E-state index contributed by atoms with van der Waals surface area (Å²) in [5, 5.41) is 7.29. The Morgan fingerprint density at radius 3 is 2.30 bits per heavy atom. The first-order chi connectivity index (χ1) is 14.5. The minimum absolute atomic E-state index is 0. The molecule has 160 valence electrons. The Balaban J connectivity index is 0.00000156. The zero-order valence-electron chi connectivity index (χ0n) is 18.2. The molecule has 0 aliphatic heterocycles. The van der Waals surface area contributed by atoms with Gasteiger partial charge in [0.1, 0.15) is 0 Å². The summed E-state index contributed by atoms with van der Waals surface area (Å²) in [5.74, 6) is -0.824. The number of rotatable bonds is 6. The van der Waals surface area contributed by atoms with Crippen molar-refractivity contribution in [3.05, 3.63) is 77.1 Å². The molecule has 2 aromatic carbocycles. The predicted octanol–water partition coefficient (Wildman–Crippen LogP) is 4.79. The number of para-hydroxylation sites is 1. The molecule has 0 aliphatic rings. The monoisotopic (exact) mass is 409 g/mol. The minimum Gasteiger partial charge on any atom is -0.455 e. The first-order valence-corrected chi connectivity index (χ1v) is 10.1. The van der Waals surface area contributed by atoms with Crippen molar-refractivity contribution in [3.63, 3.8) is 0 Å². The highest BCUT2D eigenvalue weighted by Crippen LogP contribution is 2.22. The van der Waals surface area contributed by atoms with Crippen LogP contribution in [0.15, 0.2) is 54.6 Å². The maximum Gasteiger partial charge on any atom is 0.310 e. The molecule has 3 rings (SSSR count). The van der Waals surface area contributed by atoms with E-state index in [9.17, 15) is 9.59 Å². The van der Waals surface area contributed by atoms with Crippen LogP contribution in [0.4, 0.5) is 5.69 Å². The van der Waals surface area contributed by atoms with Crippen molar-refractivity contribution in [2.45, 2.75) is 41.0 Å². The van der Waals surface area contributed by atoms with Gasteiger partial charge >= 0.3 is 5.97 Å². The topological polar surface area (TPSA) is 73.2 Å². The molecule has 0 aliphatic carbocycles. The molecule has 6 heteroatoms. The zero-order chi connectivity index (χ0) is 22.1. The number of nitrogens with zero attached hydrogens (tertiary/aromatic N) is 2. The van der Waals surface area contributed by atoms with Crippen molar-refractivity contribution in [1.82, 2.24) is 9.78 Å². The Morgan fingerprint density at radius 2 is 1.63 bits per heavy atom. The van der Waals surface area contributed by atoms with E-state index in [4.69, 9.17) is 4.74 Å². The van der Waals surface area contributed by atoms with Gasteiger partial charge in [-0.05, 0) is 44.0 Å². The van der Waals surface area contributed by atoms with Crippen molar-refractivity contribution in [2.24, 2.45) is 0 Å². The van der Waals surface area contributed by atoms with Gasteiger partial charge in [-0.1, -0.05) is 56.3 Å². The average molecular weight is 410 g/mol. The Kier molecular flexibility index (Phi) is 8.35. The molecule has 1 N–H and O–H groups in total.